The molecule has 13 heavy (non-hydrogen) atoms. The van der Waals surface area contributed by atoms with E-state index < -0.39 is 12.5 Å². The second-order valence-corrected chi connectivity index (χ2v) is 3.15. The van der Waals surface area contributed by atoms with Gasteiger partial charge in [-0.25, -0.2) is 8.78 Å². The minimum Gasteiger partial charge on any atom is -0.324 e. The van der Waals surface area contributed by atoms with Gasteiger partial charge in [-0.15, -0.1) is 0 Å². The Labute approximate surface area is 76.6 Å². The van der Waals surface area contributed by atoms with Crippen LogP contribution in [0.1, 0.15) is 23.6 Å². The van der Waals surface area contributed by atoms with E-state index in [4.69, 9.17) is 5.73 Å². The second kappa shape index (κ2) is 4.33. The molecule has 2 N–H and O–H groups in total. The number of halogens is 2. The van der Waals surface area contributed by atoms with Crippen molar-refractivity contribution in [1.82, 2.24) is 0 Å². The van der Waals surface area contributed by atoms with E-state index in [0.717, 1.165) is 11.1 Å². The smallest absolute Gasteiger partial charge is 0.240 e. The fourth-order valence-corrected chi connectivity index (χ4v) is 1.23. The van der Waals surface area contributed by atoms with E-state index >= 15 is 0 Å². The summed E-state index contributed by atoms with van der Waals surface area (Å²) in [7, 11) is 0. The van der Waals surface area contributed by atoms with Crippen LogP contribution in [0.3, 0.4) is 0 Å². The van der Waals surface area contributed by atoms with Crippen molar-refractivity contribution in [2.75, 3.05) is 0 Å². The predicted octanol–water partition coefficient (Wildman–Crippen LogP) is 2.65. The Balaban J connectivity index is 2.71. The third-order valence-electron chi connectivity index (χ3n) is 1.90. The SMILES string of the molecule is Cc1cccc([C@@H](N)CC(F)F)c1. The highest BCUT2D eigenvalue weighted by atomic mass is 19.3. The fourth-order valence-electron chi connectivity index (χ4n) is 1.23. The molecule has 1 aromatic rings. The highest BCUT2D eigenvalue weighted by molar-refractivity contribution is 5.24. The number of hydrogen-bond donors (Lipinski definition) is 1. The molecule has 0 aliphatic carbocycles. The van der Waals surface area contributed by atoms with Crippen molar-refractivity contribution >= 4 is 0 Å². The summed E-state index contributed by atoms with van der Waals surface area (Å²) in [5.41, 5.74) is 7.41. The van der Waals surface area contributed by atoms with Crippen LogP contribution in [-0.2, 0) is 0 Å². The van der Waals surface area contributed by atoms with Crippen molar-refractivity contribution in [1.29, 1.82) is 0 Å². The first-order valence-electron chi connectivity index (χ1n) is 4.20. The van der Waals surface area contributed by atoms with Gasteiger partial charge in [0.25, 0.3) is 0 Å². The topological polar surface area (TPSA) is 26.0 Å². The zero-order chi connectivity index (χ0) is 9.84. The maximum absolute atomic E-state index is 12.0. The molecule has 0 radical (unpaired) electrons. The first kappa shape index (κ1) is 10.1. The molecule has 0 saturated carbocycles. The highest BCUT2D eigenvalue weighted by Crippen LogP contribution is 2.18. The van der Waals surface area contributed by atoms with Crippen LogP contribution in [0.5, 0.6) is 0 Å². The molecule has 1 rings (SSSR count). The van der Waals surface area contributed by atoms with Crippen molar-refractivity contribution in [3.05, 3.63) is 35.4 Å². The monoisotopic (exact) mass is 185 g/mol. The van der Waals surface area contributed by atoms with Crippen LogP contribution in [0.25, 0.3) is 0 Å². The van der Waals surface area contributed by atoms with Crippen molar-refractivity contribution < 1.29 is 8.78 Å². The van der Waals surface area contributed by atoms with Crippen molar-refractivity contribution in [3.63, 3.8) is 0 Å². The van der Waals surface area contributed by atoms with Gasteiger partial charge in [-0.2, -0.15) is 0 Å². The average molecular weight is 185 g/mol. The van der Waals surface area contributed by atoms with E-state index in [1.54, 1.807) is 6.07 Å². The quantitative estimate of drug-likeness (QED) is 0.769. The molecule has 0 aromatic heterocycles. The van der Waals surface area contributed by atoms with E-state index in [1.165, 1.54) is 0 Å². The van der Waals surface area contributed by atoms with Gasteiger partial charge in [-0.3, -0.25) is 0 Å². The molecule has 0 heterocycles. The van der Waals surface area contributed by atoms with E-state index in [0.29, 0.717) is 0 Å². The molecular weight excluding hydrogens is 172 g/mol. The van der Waals surface area contributed by atoms with Crippen LogP contribution in [0.4, 0.5) is 8.78 Å². The lowest BCUT2D eigenvalue weighted by atomic mass is 10.0. The van der Waals surface area contributed by atoms with Gasteiger partial charge in [0.1, 0.15) is 0 Å². The number of hydrogen-bond acceptors (Lipinski definition) is 1. The van der Waals surface area contributed by atoms with Crippen molar-refractivity contribution in [3.8, 4) is 0 Å². The summed E-state index contributed by atoms with van der Waals surface area (Å²) in [6, 6.07) is 6.81. The molecule has 72 valence electrons. The molecule has 1 nitrogen and oxygen atoms in total. The van der Waals surface area contributed by atoms with Crippen LogP contribution >= 0.6 is 0 Å². The number of nitrogens with two attached hydrogens (primary N) is 1. The Morgan fingerprint density at radius 2 is 2.08 bits per heavy atom. The van der Waals surface area contributed by atoms with Gasteiger partial charge in [-0.05, 0) is 12.5 Å². The van der Waals surface area contributed by atoms with E-state index in [-0.39, 0.29) is 6.42 Å². The summed E-state index contributed by atoms with van der Waals surface area (Å²) >= 11 is 0. The molecule has 0 amide bonds. The minimum absolute atomic E-state index is 0.274. The van der Waals surface area contributed by atoms with Gasteiger partial charge >= 0.3 is 0 Å². The lowest BCUT2D eigenvalue weighted by Gasteiger charge is -2.11. The van der Waals surface area contributed by atoms with Gasteiger partial charge in [-0.1, -0.05) is 29.8 Å². The molecule has 0 aliphatic heterocycles. The number of benzene rings is 1. The number of rotatable bonds is 3. The summed E-state index contributed by atoms with van der Waals surface area (Å²) in [4.78, 5) is 0. The first-order chi connectivity index (χ1) is 6.09. The van der Waals surface area contributed by atoms with E-state index in [9.17, 15) is 8.78 Å². The van der Waals surface area contributed by atoms with Crippen LogP contribution in [-0.4, -0.2) is 6.43 Å². The van der Waals surface area contributed by atoms with Gasteiger partial charge in [0, 0.05) is 12.5 Å². The molecule has 0 saturated heterocycles. The summed E-state index contributed by atoms with van der Waals surface area (Å²) in [5, 5.41) is 0. The molecule has 1 atom stereocenters. The Morgan fingerprint density at radius 3 is 2.62 bits per heavy atom. The molecule has 0 aliphatic rings. The van der Waals surface area contributed by atoms with E-state index in [1.807, 2.05) is 25.1 Å². The third-order valence-corrected chi connectivity index (χ3v) is 1.90. The molecule has 0 unspecified atom stereocenters. The lowest BCUT2D eigenvalue weighted by molar-refractivity contribution is 0.128. The van der Waals surface area contributed by atoms with Gasteiger partial charge in [0.2, 0.25) is 6.43 Å². The Hall–Kier alpha value is -0.960. The summed E-state index contributed by atoms with van der Waals surface area (Å²) < 4.78 is 24.0. The molecule has 3 heteroatoms. The minimum atomic E-state index is -2.34. The number of alkyl halides is 2. The van der Waals surface area contributed by atoms with E-state index in [2.05, 4.69) is 0 Å². The molecular formula is C10H13F2N. The average Bonchev–Trinajstić information content (AvgIpc) is 2.03. The lowest BCUT2D eigenvalue weighted by Crippen LogP contribution is -2.13. The predicted molar refractivity (Wildman–Crippen MR) is 48.7 cm³/mol. The van der Waals surface area contributed by atoms with Crippen LogP contribution in [0.15, 0.2) is 24.3 Å². The Kier molecular flexibility index (Phi) is 3.37. The Bertz CT molecular complexity index is 273. The standard InChI is InChI=1S/C10H13F2N/c1-7-3-2-4-8(5-7)9(13)6-10(11)12/h2-5,9-10H,6,13H2,1H3/t9-/m0/s1. The van der Waals surface area contributed by atoms with Crippen LogP contribution in [0, 0.1) is 6.92 Å². The zero-order valence-electron chi connectivity index (χ0n) is 7.50. The van der Waals surface area contributed by atoms with Crippen LogP contribution < -0.4 is 5.73 Å². The summed E-state index contributed by atoms with van der Waals surface area (Å²) in [6.45, 7) is 1.92. The molecule has 1 aromatic carbocycles. The highest BCUT2D eigenvalue weighted by Gasteiger charge is 2.12. The molecule has 0 spiro atoms. The summed E-state index contributed by atoms with van der Waals surface area (Å²) in [6.07, 6.45) is -2.61. The number of aryl methyl sites for hydroxylation is 1. The maximum Gasteiger partial charge on any atom is 0.240 e. The summed E-state index contributed by atoms with van der Waals surface area (Å²) in [5.74, 6) is 0. The normalized spacial score (nSPS) is 13.3. The third kappa shape index (κ3) is 3.11. The van der Waals surface area contributed by atoms with Crippen molar-refractivity contribution in [2.24, 2.45) is 5.73 Å². The molecule has 0 bridgehead atoms. The van der Waals surface area contributed by atoms with Gasteiger partial charge in [0.05, 0.1) is 0 Å². The maximum atomic E-state index is 12.0. The fraction of sp³-hybridized carbons (Fsp3) is 0.400. The second-order valence-electron chi connectivity index (χ2n) is 3.15. The molecule has 0 fully saturated rings. The van der Waals surface area contributed by atoms with Gasteiger partial charge in [0.15, 0.2) is 0 Å². The van der Waals surface area contributed by atoms with Crippen LogP contribution in [0.2, 0.25) is 0 Å². The largest absolute Gasteiger partial charge is 0.324 e. The Morgan fingerprint density at radius 1 is 1.38 bits per heavy atom. The van der Waals surface area contributed by atoms with Crippen molar-refractivity contribution in [2.45, 2.75) is 25.8 Å². The zero-order valence-corrected chi connectivity index (χ0v) is 7.50. The first-order valence-corrected chi connectivity index (χ1v) is 4.20. The van der Waals surface area contributed by atoms with Gasteiger partial charge < -0.3 is 5.73 Å².